The Kier molecular flexibility index (Phi) is 2.63. The Morgan fingerprint density at radius 3 is 1.87 bits per heavy atom. The summed E-state index contributed by atoms with van der Waals surface area (Å²) < 4.78 is 0. The van der Waals surface area contributed by atoms with Crippen molar-refractivity contribution in [2.45, 2.75) is 12.3 Å². The van der Waals surface area contributed by atoms with Gasteiger partial charge in [-0.25, -0.2) is 0 Å². The van der Waals surface area contributed by atoms with Gasteiger partial charge in [-0.15, -0.1) is 0 Å². The Labute approximate surface area is 136 Å². The van der Waals surface area contributed by atoms with Gasteiger partial charge in [0, 0.05) is 5.41 Å². The molecule has 0 aliphatic heterocycles. The molecule has 1 fully saturated rings. The Morgan fingerprint density at radius 1 is 0.696 bits per heavy atom. The molecule has 0 N–H and O–H groups in total. The first-order chi connectivity index (χ1) is 11.3. The first-order valence-corrected chi connectivity index (χ1v) is 8.30. The highest BCUT2D eigenvalue weighted by atomic mass is 14.5. The zero-order valence-electron chi connectivity index (χ0n) is 12.9. The maximum absolute atomic E-state index is 2.42. The van der Waals surface area contributed by atoms with E-state index in [0.29, 0.717) is 5.92 Å². The van der Waals surface area contributed by atoms with Crippen molar-refractivity contribution in [3.63, 3.8) is 0 Å². The molecule has 0 nitrogen and oxygen atoms in total. The van der Waals surface area contributed by atoms with Crippen LogP contribution in [0.3, 0.4) is 0 Å². The summed E-state index contributed by atoms with van der Waals surface area (Å²) >= 11 is 0. The van der Waals surface area contributed by atoms with Crippen LogP contribution in [-0.4, -0.2) is 0 Å². The van der Waals surface area contributed by atoms with Gasteiger partial charge in [0.25, 0.3) is 0 Å². The summed E-state index contributed by atoms with van der Waals surface area (Å²) in [7, 11) is 0. The van der Waals surface area contributed by atoms with Gasteiger partial charge in [0.05, 0.1) is 0 Å². The number of benzene rings is 3. The fourth-order valence-corrected chi connectivity index (χ4v) is 3.89. The van der Waals surface area contributed by atoms with Gasteiger partial charge in [0.1, 0.15) is 0 Å². The average Bonchev–Trinajstić information content (AvgIpc) is 3.36. The minimum Gasteiger partial charge on any atom is -0.0733 e. The van der Waals surface area contributed by atoms with E-state index in [-0.39, 0.29) is 5.41 Å². The third-order valence-corrected chi connectivity index (χ3v) is 5.35. The molecule has 110 valence electrons. The van der Waals surface area contributed by atoms with Crippen molar-refractivity contribution >= 4 is 22.9 Å². The summed E-state index contributed by atoms with van der Waals surface area (Å²) in [6.07, 6.45) is 10.7. The quantitative estimate of drug-likeness (QED) is 0.512. The SMILES string of the molecule is C1=CC2(C=Cc3cc4ccccc4cc31)CC2c1ccccc1. The van der Waals surface area contributed by atoms with E-state index in [1.54, 1.807) is 0 Å². The average molecular weight is 294 g/mol. The molecule has 0 radical (unpaired) electrons. The van der Waals surface area contributed by atoms with Crippen molar-refractivity contribution in [1.29, 1.82) is 0 Å². The normalized spacial score (nSPS) is 20.4. The van der Waals surface area contributed by atoms with E-state index in [1.165, 1.54) is 33.9 Å². The van der Waals surface area contributed by atoms with Gasteiger partial charge < -0.3 is 0 Å². The molecule has 1 saturated carbocycles. The predicted molar refractivity (Wildman–Crippen MR) is 98.2 cm³/mol. The Hall–Kier alpha value is -2.60. The lowest BCUT2D eigenvalue weighted by molar-refractivity contribution is 0.816. The second kappa shape index (κ2) is 4.70. The minimum absolute atomic E-state index is 0.215. The van der Waals surface area contributed by atoms with Gasteiger partial charge in [-0.1, -0.05) is 78.9 Å². The maximum Gasteiger partial charge on any atom is 0.0143 e. The molecule has 0 heteroatoms. The molecule has 1 unspecified atom stereocenters. The second-order valence-corrected chi connectivity index (χ2v) is 6.77. The zero-order valence-corrected chi connectivity index (χ0v) is 12.9. The fourth-order valence-electron chi connectivity index (χ4n) is 3.89. The first-order valence-electron chi connectivity index (χ1n) is 8.30. The van der Waals surface area contributed by atoms with E-state index >= 15 is 0 Å². The van der Waals surface area contributed by atoms with Crippen LogP contribution in [0.15, 0.2) is 78.9 Å². The van der Waals surface area contributed by atoms with E-state index in [2.05, 4.69) is 91.0 Å². The van der Waals surface area contributed by atoms with Gasteiger partial charge >= 0.3 is 0 Å². The van der Waals surface area contributed by atoms with E-state index in [9.17, 15) is 0 Å². The smallest absolute Gasteiger partial charge is 0.0143 e. The molecule has 0 amide bonds. The number of rotatable bonds is 1. The topological polar surface area (TPSA) is 0 Å². The molecule has 1 atom stereocenters. The van der Waals surface area contributed by atoms with E-state index in [4.69, 9.17) is 0 Å². The first kappa shape index (κ1) is 12.9. The molecule has 3 aromatic rings. The molecule has 5 rings (SSSR count). The highest BCUT2D eigenvalue weighted by Gasteiger charge is 2.51. The second-order valence-electron chi connectivity index (χ2n) is 6.77. The summed E-state index contributed by atoms with van der Waals surface area (Å²) in [5.41, 5.74) is 4.33. The lowest BCUT2D eigenvalue weighted by Crippen LogP contribution is -1.93. The van der Waals surface area contributed by atoms with Crippen LogP contribution in [0.5, 0.6) is 0 Å². The van der Waals surface area contributed by atoms with Gasteiger partial charge in [-0.05, 0) is 51.9 Å². The van der Waals surface area contributed by atoms with Crippen LogP contribution >= 0.6 is 0 Å². The van der Waals surface area contributed by atoms with Crippen molar-refractivity contribution in [1.82, 2.24) is 0 Å². The van der Waals surface area contributed by atoms with Gasteiger partial charge in [0.15, 0.2) is 0 Å². The third kappa shape index (κ3) is 2.06. The standard InChI is InChI=1S/C23H18/c1-2-6-17(7-3-1)22-16-23(22)12-10-20-14-18-8-4-5-9-19(18)15-21(20)11-13-23/h1-15,22H,16H2. The van der Waals surface area contributed by atoms with Crippen LogP contribution in [-0.2, 0) is 0 Å². The van der Waals surface area contributed by atoms with E-state index in [1.807, 2.05) is 0 Å². The molecule has 2 aliphatic rings. The summed E-state index contributed by atoms with van der Waals surface area (Å²) in [6, 6.07) is 24.1. The number of hydrogen-bond donors (Lipinski definition) is 0. The number of hydrogen-bond acceptors (Lipinski definition) is 0. The Balaban J connectivity index is 1.57. The molecule has 23 heavy (non-hydrogen) atoms. The minimum atomic E-state index is 0.215. The molecule has 0 saturated heterocycles. The van der Waals surface area contributed by atoms with Crippen molar-refractivity contribution in [2.24, 2.45) is 5.41 Å². The lowest BCUT2D eigenvalue weighted by atomic mass is 9.98. The lowest BCUT2D eigenvalue weighted by Gasteiger charge is -2.06. The van der Waals surface area contributed by atoms with Crippen LogP contribution in [0.25, 0.3) is 22.9 Å². The molecule has 3 aromatic carbocycles. The van der Waals surface area contributed by atoms with Crippen LogP contribution in [0, 0.1) is 5.41 Å². The summed E-state index contributed by atoms with van der Waals surface area (Å²) in [5.74, 6) is 0.625. The molecule has 0 aromatic heterocycles. The molecule has 0 heterocycles. The van der Waals surface area contributed by atoms with Crippen LogP contribution in [0.4, 0.5) is 0 Å². The van der Waals surface area contributed by atoms with Gasteiger partial charge in [-0.2, -0.15) is 0 Å². The number of allylic oxidation sites excluding steroid dienone is 2. The highest BCUT2D eigenvalue weighted by Crippen LogP contribution is 2.62. The van der Waals surface area contributed by atoms with E-state index in [0.717, 1.165) is 0 Å². The van der Waals surface area contributed by atoms with Crippen molar-refractivity contribution in [3.8, 4) is 0 Å². The summed E-state index contributed by atoms with van der Waals surface area (Å²) in [6.45, 7) is 0. The fraction of sp³-hybridized carbons (Fsp3) is 0.130. The Morgan fingerprint density at radius 2 is 1.26 bits per heavy atom. The molecule has 1 spiro atoms. The number of fused-ring (bicyclic) bond motifs is 2. The van der Waals surface area contributed by atoms with Crippen molar-refractivity contribution in [3.05, 3.63) is 95.6 Å². The summed E-state index contributed by atoms with van der Waals surface area (Å²) in [4.78, 5) is 0. The molecule has 2 aliphatic carbocycles. The van der Waals surface area contributed by atoms with Crippen LogP contribution in [0.2, 0.25) is 0 Å². The monoisotopic (exact) mass is 294 g/mol. The van der Waals surface area contributed by atoms with Crippen molar-refractivity contribution in [2.75, 3.05) is 0 Å². The van der Waals surface area contributed by atoms with Gasteiger partial charge in [0.2, 0.25) is 0 Å². The molecule has 0 bridgehead atoms. The molecular weight excluding hydrogens is 276 g/mol. The van der Waals surface area contributed by atoms with Crippen LogP contribution < -0.4 is 0 Å². The van der Waals surface area contributed by atoms with Gasteiger partial charge in [-0.3, -0.25) is 0 Å². The largest absolute Gasteiger partial charge is 0.0733 e. The van der Waals surface area contributed by atoms with Crippen molar-refractivity contribution < 1.29 is 0 Å². The Bertz CT molecular complexity index is 892. The van der Waals surface area contributed by atoms with E-state index < -0.39 is 0 Å². The summed E-state index contributed by atoms with van der Waals surface area (Å²) in [5, 5.41) is 2.63. The highest BCUT2D eigenvalue weighted by molar-refractivity contribution is 5.89. The predicted octanol–water partition coefficient (Wildman–Crippen LogP) is 6.05. The maximum atomic E-state index is 2.42. The zero-order chi connectivity index (χ0) is 15.3. The molecular formula is C23H18. The van der Waals surface area contributed by atoms with Crippen LogP contribution in [0.1, 0.15) is 29.0 Å². The third-order valence-electron chi connectivity index (χ3n) is 5.35.